The molecule has 3 unspecified atom stereocenters. The van der Waals surface area contributed by atoms with Crippen molar-refractivity contribution < 1.29 is 14.6 Å². The fourth-order valence-electron chi connectivity index (χ4n) is 2.29. The maximum atomic E-state index is 11.8. The molecule has 0 amide bonds. The van der Waals surface area contributed by atoms with Crippen LogP contribution in [0.3, 0.4) is 0 Å². The molecular formula is C13H19NO3. The summed E-state index contributed by atoms with van der Waals surface area (Å²) in [5.74, 6) is -0.889. The lowest BCUT2D eigenvalue weighted by molar-refractivity contribution is -0.146. The van der Waals surface area contributed by atoms with Crippen molar-refractivity contribution in [2.45, 2.75) is 33.3 Å². The van der Waals surface area contributed by atoms with Crippen molar-refractivity contribution in [1.82, 2.24) is 0 Å². The highest BCUT2D eigenvalue weighted by atomic mass is 16.5. The number of aliphatic hydroxyl groups excluding tert-OH is 1. The molecule has 3 atom stereocenters. The molecule has 1 aliphatic rings. The van der Waals surface area contributed by atoms with Crippen LogP contribution in [-0.2, 0) is 9.53 Å². The van der Waals surface area contributed by atoms with Crippen LogP contribution >= 0.6 is 0 Å². The molecule has 0 aromatic carbocycles. The number of nitrogens with zero attached hydrogens (tertiary/aromatic N) is 1. The molecule has 0 aliphatic heterocycles. The van der Waals surface area contributed by atoms with Crippen LogP contribution in [0.2, 0.25) is 0 Å². The lowest BCUT2D eigenvalue weighted by Crippen LogP contribution is -2.17. The van der Waals surface area contributed by atoms with Crippen LogP contribution in [0.15, 0.2) is 12.2 Å². The van der Waals surface area contributed by atoms with E-state index in [0.717, 1.165) is 6.42 Å². The largest absolute Gasteiger partial charge is 0.465 e. The van der Waals surface area contributed by atoms with Crippen LogP contribution < -0.4 is 0 Å². The Morgan fingerprint density at radius 1 is 1.65 bits per heavy atom. The average molecular weight is 237 g/mol. The average Bonchev–Trinajstić information content (AvgIpc) is 2.87. The minimum absolute atomic E-state index is 0.105. The molecule has 1 aliphatic carbocycles. The second kappa shape index (κ2) is 4.89. The lowest BCUT2D eigenvalue weighted by atomic mass is 10.0. The van der Waals surface area contributed by atoms with Crippen LogP contribution in [-0.4, -0.2) is 23.8 Å². The van der Waals surface area contributed by atoms with Gasteiger partial charge in [0.05, 0.1) is 30.3 Å². The molecule has 0 spiro atoms. The Morgan fingerprint density at radius 3 is 2.71 bits per heavy atom. The number of hydrogen-bond donors (Lipinski definition) is 1. The zero-order valence-electron chi connectivity index (χ0n) is 10.6. The fourth-order valence-corrected chi connectivity index (χ4v) is 2.29. The summed E-state index contributed by atoms with van der Waals surface area (Å²) >= 11 is 0. The smallest absolute Gasteiger partial charge is 0.309 e. The molecular weight excluding hydrogens is 218 g/mol. The highest BCUT2D eigenvalue weighted by Crippen LogP contribution is 2.61. The number of nitriles is 1. The van der Waals surface area contributed by atoms with E-state index >= 15 is 0 Å². The summed E-state index contributed by atoms with van der Waals surface area (Å²) in [6, 6.07) is 1.83. The predicted octanol–water partition coefficient (Wildman–Crippen LogP) is 1.65. The third kappa shape index (κ3) is 2.50. The Hall–Kier alpha value is -1.34. The van der Waals surface area contributed by atoms with E-state index in [2.05, 4.69) is 6.58 Å². The minimum atomic E-state index is -0.950. The molecule has 4 heteroatoms. The van der Waals surface area contributed by atoms with Crippen LogP contribution in [0, 0.1) is 28.6 Å². The van der Waals surface area contributed by atoms with Gasteiger partial charge in [0.25, 0.3) is 0 Å². The number of ether oxygens (including phenoxy) is 1. The number of hydrogen-bond acceptors (Lipinski definition) is 4. The van der Waals surface area contributed by atoms with Gasteiger partial charge >= 0.3 is 5.97 Å². The zero-order chi connectivity index (χ0) is 13.2. The van der Waals surface area contributed by atoms with Crippen molar-refractivity contribution in [3.8, 4) is 6.07 Å². The Kier molecular flexibility index (Phi) is 3.94. The van der Waals surface area contributed by atoms with Crippen molar-refractivity contribution in [3.05, 3.63) is 12.2 Å². The van der Waals surface area contributed by atoms with Gasteiger partial charge in [-0.15, -0.1) is 0 Å². The van der Waals surface area contributed by atoms with Gasteiger partial charge in [-0.3, -0.25) is 4.79 Å². The summed E-state index contributed by atoms with van der Waals surface area (Å²) < 4.78 is 5.08. The first-order chi connectivity index (χ1) is 7.87. The summed E-state index contributed by atoms with van der Waals surface area (Å²) in [4.78, 5) is 11.8. The maximum Gasteiger partial charge on any atom is 0.309 e. The highest BCUT2D eigenvalue weighted by molar-refractivity contribution is 5.78. The Bertz CT molecular complexity index is 367. The van der Waals surface area contributed by atoms with Gasteiger partial charge in [-0.25, -0.2) is 0 Å². The van der Waals surface area contributed by atoms with Gasteiger partial charge in [0.1, 0.15) is 0 Å². The number of esters is 1. The topological polar surface area (TPSA) is 70.3 Å². The second-order valence-electron chi connectivity index (χ2n) is 5.07. The van der Waals surface area contributed by atoms with Crippen molar-refractivity contribution in [3.63, 3.8) is 0 Å². The monoisotopic (exact) mass is 237 g/mol. The van der Waals surface area contributed by atoms with E-state index in [1.807, 2.05) is 26.8 Å². The van der Waals surface area contributed by atoms with E-state index in [0.29, 0.717) is 6.61 Å². The molecule has 1 rings (SSSR count). The summed E-state index contributed by atoms with van der Waals surface area (Å²) in [5.41, 5.74) is -0.224. The summed E-state index contributed by atoms with van der Waals surface area (Å²) in [6.07, 6.45) is -0.175. The highest BCUT2D eigenvalue weighted by Gasteiger charge is 2.65. The maximum absolute atomic E-state index is 11.8. The molecule has 0 saturated heterocycles. The van der Waals surface area contributed by atoms with E-state index in [9.17, 15) is 9.90 Å². The predicted molar refractivity (Wildman–Crippen MR) is 62.8 cm³/mol. The Morgan fingerprint density at radius 2 is 2.24 bits per heavy atom. The number of aliphatic hydroxyl groups is 1. The van der Waals surface area contributed by atoms with Crippen LogP contribution in [0.25, 0.3) is 0 Å². The van der Waals surface area contributed by atoms with Gasteiger partial charge in [-0.1, -0.05) is 27.4 Å². The molecule has 0 aromatic heterocycles. The van der Waals surface area contributed by atoms with E-state index in [1.165, 1.54) is 0 Å². The molecule has 4 nitrogen and oxygen atoms in total. The van der Waals surface area contributed by atoms with Crippen LogP contribution in [0.5, 0.6) is 0 Å². The summed E-state index contributed by atoms with van der Waals surface area (Å²) in [6.45, 7) is 9.60. The molecule has 1 fully saturated rings. The summed E-state index contributed by atoms with van der Waals surface area (Å²) in [5, 5.41) is 18.6. The second-order valence-corrected chi connectivity index (χ2v) is 5.07. The van der Waals surface area contributed by atoms with Crippen LogP contribution in [0.1, 0.15) is 27.2 Å². The molecule has 1 saturated carbocycles. The van der Waals surface area contributed by atoms with Crippen molar-refractivity contribution in [2.24, 2.45) is 17.3 Å². The van der Waals surface area contributed by atoms with Gasteiger partial charge in [0.15, 0.2) is 0 Å². The first-order valence-corrected chi connectivity index (χ1v) is 5.81. The normalized spacial score (nSPS) is 26.8. The molecule has 94 valence electrons. The third-order valence-corrected chi connectivity index (χ3v) is 3.45. The van der Waals surface area contributed by atoms with Gasteiger partial charge in [-0.2, -0.15) is 5.26 Å². The quantitative estimate of drug-likeness (QED) is 0.583. The Labute approximate surface area is 102 Å². The van der Waals surface area contributed by atoms with Gasteiger partial charge < -0.3 is 9.84 Å². The minimum Gasteiger partial charge on any atom is -0.465 e. The van der Waals surface area contributed by atoms with Crippen LogP contribution in [0.4, 0.5) is 0 Å². The van der Waals surface area contributed by atoms with Gasteiger partial charge in [0.2, 0.25) is 0 Å². The molecule has 0 heterocycles. The molecule has 0 aromatic rings. The molecule has 1 N–H and O–H groups in total. The first-order valence-electron chi connectivity index (χ1n) is 5.81. The first kappa shape index (κ1) is 13.7. The van der Waals surface area contributed by atoms with E-state index in [-0.39, 0.29) is 28.8 Å². The van der Waals surface area contributed by atoms with Gasteiger partial charge in [0, 0.05) is 5.92 Å². The van der Waals surface area contributed by atoms with Gasteiger partial charge in [-0.05, 0) is 11.8 Å². The Balaban J connectivity index is 2.68. The number of rotatable bonds is 5. The zero-order valence-corrected chi connectivity index (χ0v) is 10.6. The number of carbonyl (C=O) groups excluding carboxylic acids is 1. The van der Waals surface area contributed by atoms with Crippen molar-refractivity contribution in [1.29, 1.82) is 5.26 Å². The number of carbonyl (C=O) groups is 1. The third-order valence-electron chi connectivity index (χ3n) is 3.45. The molecule has 0 radical (unpaired) electrons. The van der Waals surface area contributed by atoms with E-state index < -0.39 is 6.10 Å². The SMILES string of the molecule is C=C(C#N)C(O)C1C(C(=O)OCCC)C1(C)C. The van der Waals surface area contributed by atoms with E-state index in [4.69, 9.17) is 10.00 Å². The molecule has 0 bridgehead atoms. The van der Waals surface area contributed by atoms with E-state index in [1.54, 1.807) is 0 Å². The standard InChI is InChI=1S/C13H19NO3/c1-5-6-17-12(16)10-9(13(10,3)4)11(15)8(2)7-14/h9-11,15H,2,5-6H2,1,3-4H3. The molecule has 17 heavy (non-hydrogen) atoms. The summed E-state index contributed by atoms with van der Waals surface area (Å²) in [7, 11) is 0. The fraction of sp³-hybridized carbons (Fsp3) is 0.692. The van der Waals surface area contributed by atoms with Crippen molar-refractivity contribution in [2.75, 3.05) is 6.61 Å². The van der Waals surface area contributed by atoms with Crippen molar-refractivity contribution >= 4 is 5.97 Å². The lowest BCUT2D eigenvalue weighted by Gasteiger charge is -2.08.